The van der Waals surface area contributed by atoms with Crippen LogP contribution in [-0.4, -0.2) is 65.1 Å². The molecule has 4 rings (SSSR count). The lowest BCUT2D eigenvalue weighted by Crippen LogP contribution is -2.44. The van der Waals surface area contributed by atoms with Gasteiger partial charge >= 0.3 is 0 Å². The number of fused-ring (bicyclic) bond motifs is 1. The molecule has 8 nitrogen and oxygen atoms in total. The highest BCUT2D eigenvalue weighted by atomic mass is 35.5. The smallest absolute Gasteiger partial charge is 0.242 e. The minimum absolute atomic E-state index is 0.0511. The second-order valence-corrected chi connectivity index (χ2v) is 13.9. The molecule has 2 heterocycles. The number of nitrogens with zero attached hydrogens (tertiary/aromatic N) is 3. The van der Waals surface area contributed by atoms with E-state index >= 15 is 0 Å². The van der Waals surface area contributed by atoms with E-state index in [0.29, 0.717) is 41.4 Å². The summed E-state index contributed by atoms with van der Waals surface area (Å²) in [7, 11) is -4.18. The molecule has 0 unspecified atom stereocenters. The molecule has 2 aromatic rings. The summed E-state index contributed by atoms with van der Waals surface area (Å²) in [6.07, 6.45) is 1.42. The van der Waals surface area contributed by atoms with Gasteiger partial charge in [-0.15, -0.1) is 0 Å². The van der Waals surface area contributed by atoms with Gasteiger partial charge in [0.25, 0.3) is 0 Å². The van der Waals surface area contributed by atoms with Crippen molar-refractivity contribution in [2.24, 2.45) is 5.92 Å². The molecule has 2 aliphatic rings. The summed E-state index contributed by atoms with van der Waals surface area (Å²) < 4.78 is 53.3. The van der Waals surface area contributed by atoms with Gasteiger partial charge in [-0.05, 0) is 60.7 Å². The third kappa shape index (κ3) is 5.38. The van der Waals surface area contributed by atoms with Crippen molar-refractivity contribution in [2.45, 2.75) is 29.9 Å². The van der Waals surface area contributed by atoms with Crippen LogP contribution < -0.4 is 4.90 Å². The van der Waals surface area contributed by atoms with E-state index < -0.39 is 20.0 Å². The third-order valence-corrected chi connectivity index (χ3v) is 10.8. The number of anilines is 1. The van der Waals surface area contributed by atoms with Crippen LogP contribution in [0.15, 0.2) is 41.3 Å². The Bertz CT molecular complexity index is 1360. The monoisotopic (exact) mass is 559 g/mol. The van der Waals surface area contributed by atoms with Gasteiger partial charge in [-0.2, -0.15) is 0 Å². The molecular weight excluding hydrogens is 533 g/mol. The molecular formula is C23H27Cl2N3O5S2. The van der Waals surface area contributed by atoms with E-state index in [0.717, 1.165) is 15.6 Å². The first-order chi connectivity index (χ1) is 16.4. The largest absolute Gasteiger partial charge is 0.312 e. The van der Waals surface area contributed by atoms with Gasteiger partial charge in [0.15, 0.2) is 0 Å². The molecule has 1 amide bonds. The first-order valence-corrected chi connectivity index (χ1v) is 15.0. The molecule has 2 aromatic carbocycles. The molecule has 0 saturated carbocycles. The number of piperidine rings is 1. The first-order valence-electron chi connectivity index (χ1n) is 11.2. The molecule has 0 radical (unpaired) electrons. The molecule has 35 heavy (non-hydrogen) atoms. The Balaban J connectivity index is 1.41. The average Bonchev–Trinajstić information content (AvgIpc) is 3.23. The van der Waals surface area contributed by atoms with E-state index in [1.54, 1.807) is 29.2 Å². The quantitative estimate of drug-likeness (QED) is 0.540. The summed E-state index contributed by atoms with van der Waals surface area (Å²) in [5.74, 6) is -0.569. The fourth-order valence-electron chi connectivity index (χ4n) is 4.51. The third-order valence-electron chi connectivity index (χ3n) is 6.54. The van der Waals surface area contributed by atoms with Crippen molar-refractivity contribution in [3.63, 3.8) is 0 Å². The summed E-state index contributed by atoms with van der Waals surface area (Å²) in [5, 5.41) is 0.745. The fraction of sp³-hybridized carbons (Fsp3) is 0.435. The van der Waals surface area contributed by atoms with Crippen LogP contribution in [0.25, 0.3) is 0 Å². The maximum absolute atomic E-state index is 13.3. The second-order valence-electron chi connectivity index (χ2n) is 8.98. The number of sulfonamides is 2. The molecule has 0 N–H and O–H groups in total. The SMILES string of the molecule is CN(C)S(=O)(=O)c1ccc2c(c1)CCN2C(=O)C1CCN(S(=O)(=O)Cc2ccc(Cl)cc2Cl)CC1. The van der Waals surface area contributed by atoms with Crippen LogP contribution in [0.5, 0.6) is 0 Å². The molecule has 0 atom stereocenters. The zero-order valence-corrected chi connectivity index (χ0v) is 22.6. The number of benzene rings is 2. The van der Waals surface area contributed by atoms with Crippen LogP contribution in [0.3, 0.4) is 0 Å². The van der Waals surface area contributed by atoms with Crippen molar-refractivity contribution in [3.05, 3.63) is 57.6 Å². The van der Waals surface area contributed by atoms with Gasteiger partial charge in [0, 0.05) is 55.4 Å². The van der Waals surface area contributed by atoms with Gasteiger partial charge in [-0.25, -0.2) is 25.4 Å². The number of carbonyl (C=O) groups is 1. The Morgan fingerprint density at radius 1 is 1.00 bits per heavy atom. The highest BCUT2D eigenvalue weighted by Crippen LogP contribution is 2.34. The topological polar surface area (TPSA) is 95.1 Å². The van der Waals surface area contributed by atoms with E-state index in [2.05, 4.69) is 0 Å². The number of amides is 1. The summed E-state index contributed by atoms with van der Waals surface area (Å²) in [6, 6.07) is 9.58. The van der Waals surface area contributed by atoms with Crippen LogP contribution >= 0.6 is 23.2 Å². The lowest BCUT2D eigenvalue weighted by atomic mass is 9.96. The highest BCUT2D eigenvalue weighted by Gasteiger charge is 2.36. The molecule has 0 spiro atoms. The summed E-state index contributed by atoms with van der Waals surface area (Å²) in [6.45, 7) is 0.989. The molecule has 0 aliphatic carbocycles. The van der Waals surface area contributed by atoms with Crippen LogP contribution in [-0.2, 0) is 37.0 Å². The van der Waals surface area contributed by atoms with E-state index in [9.17, 15) is 21.6 Å². The standard InChI is InChI=1S/C23H27Cl2N3O5S2/c1-26(2)35(32,33)20-5-6-22-17(13-20)9-12-28(22)23(29)16-7-10-27(11-8-16)34(30,31)15-18-3-4-19(24)14-21(18)25/h3-6,13-14,16H,7-12,15H2,1-2H3. The van der Waals surface area contributed by atoms with Gasteiger partial charge in [0.2, 0.25) is 26.0 Å². The molecule has 2 aliphatic heterocycles. The van der Waals surface area contributed by atoms with E-state index in [1.165, 1.54) is 30.5 Å². The van der Waals surface area contributed by atoms with E-state index in [1.807, 2.05) is 0 Å². The molecule has 1 saturated heterocycles. The predicted octanol–water partition coefficient (Wildman–Crippen LogP) is 3.37. The summed E-state index contributed by atoms with van der Waals surface area (Å²) >= 11 is 12.0. The normalized spacial score (nSPS) is 17.7. The van der Waals surface area contributed by atoms with Gasteiger partial charge in [-0.3, -0.25) is 4.79 Å². The Labute approximate surface area is 216 Å². The molecule has 190 valence electrons. The predicted molar refractivity (Wildman–Crippen MR) is 137 cm³/mol. The van der Waals surface area contributed by atoms with Crippen molar-refractivity contribution in [1.82, 2.24) is 8.61 Å². The minimum atomic E-state index is -3.59. The Morgan fingerprint density at radius 2 is 1.69 bits per heavy atom. The van der Waals surface area contributed by atoms with Crippen molar-refractivity contribution in [3.8, 4) is 0 Å². The van der Waals surface area contributed by atoms with Crippen molar-refractivity contribution < 1.29 is 21.6 Å². The van der Waals surface area contributed by atoms with E-state index in [-0.39, 0.29) is 35.6 Å². The molecule has 1 fully saturated rings. The highest BCUT2D eigenvalue weighted by molar-refractivity contribution is 7.89. The van der Waals surface area contributed by atoms with Gasteiger partial charge < -0.3 is 4.90 Å². The Kier molecular flexibility index (Phi) is 7.53. The maximum Gasteiger partial charge on any atom is 0.242 e. The van der Waals surface area contributed by atoms with Crippen LogP contribution in [0, 0.1) is 5.92 Å². The van der Waals surface area contributed by atoms with Gasteiger partial charge in [0.1, 0.15) is 0 Å². The van der Waals surface area contributed by atoms with Gasteiger partial charge in [-0.1, -0.05) is 29.3 Å². The van der Waals surface area contributed by atoms with Crippen molar-refractivity contribution in [2.75, 3.05) is 38.6 Å². The Morgan fingerprint density at radius 3 is 2.31 bits per heavy atom. The number of rotatable bonds is 6. The van der Waals surface area contributed by atoms with Crippen molar-refractivity contribution >= 4 is 54.8 Å². The average molecular weight is 561 g/mol. The Hall–Kier alpha value is -1.69. The van der Waals surface area contributed by atoms with Crippen LogP contribution in [0.2, 0.25) is 10.0 Å². The second kappa shape index (κ2) is 9.99. The zero-order valence-electron chi connectivity index (χ0n) is 19.4. The number of hydrogen-bond donors (Lipinski definition) is 0. The summed E-state index contributed by atoms with van der Waals surface area (Å²) in [5.41, 5.74) is 2.03. The molecule has 0 aromatic heterocycles. The lowest BCUT2D eigenvalue weighted by molar-refractivity contribution is -0.123. The maximum atomic E-state index is 13.3. The minimum Gasteiger partial charge on any atom is -0.312 e. The van der Waals surface area contributed by atoms with Crippen LogP contribution in [0.1, 0.15) is 24.0 Å². The number of halogens is 2. The summed E-state index contributed by atoms with van der Waals surface area (Å²) in [4.78, 5) is 15.2. The number of carbonyl (C=O) groups excluding carboxylic acids is 1. The number of hydrogen-bond acceptors (Lipinski definition) is 5. The first kappa shape index (κ1) is 26.4. The van der Waals surface area contributed by atoms with Crippen molar-refractivity contribution in [1.29, 1.82) is 0 Å². The van der Waals surface area contributed by atoms with Gasteiger partial charge in [0.05, 0.1) is 10.6 Å². The fourth-order valence-corrected chi connectivity index (χ4v) is 7.61. The van der Waals surface area contributed by atoms with E-state index in [4.69, 9.17) is 23.2 Å². The molecule has 12 heteroatoms. The molecule has 0 bridgehead atoms. The zero-order chi connectivity index (χ0) is 25.5. The lowest BCUT2D eigenvalue weighted by Gasteiger charge is -2.32. The van der Waals surface area contributed by atoms with Crippen LogP contribution in [0.4, 0.5) is 5.69 Å².